The van der Waals surface area contributed by atoms with E-state index in [4.69, 9.17) is 0 Å². The van der Waals surface area contributed by atoms with Crippen molar-refractivity contribution in [1.82, 2.24) is 5.12 Å². The average Bonchev–Trinajstić information content (AvgIpc) is 1.96. The lowest BCUT2D eigenvalue weighted by molar-refractivity contribution is -0.997. The molecular weight excluding hydrogens is 210 g/mol. The summed E-state index contributed by atoms with van der Waals surface area (Å²) in [4.78, 5) is 36.0. The molecule has 0 amide bonds. The van der Waals surface area contributed by atoms with E-state index in [2.05, 4.69) is 0 Å². The molecule has 13 nitrogen and oxygen atoms in total. The Morgan fingerprint density at radius 1 is 0.786 bits per heavy atom. The van der Waals surface area contributed by atoms with Crippen molar-refractivity contribution in [3.05, 3.63) is 40.5 Å². The molecule has 14 heavy (non-hydrogen) atoms. The molecule has 0 aromatic carbocycles. The Bertz CT molecular complexity index is 238. The molecule has 0 radical (unpaired) electrons. The molecule has 0 N–H and O–H groups in total. The molecule has 0 unspecified atom stereocenters. The van der Waals surface area contributed by atoms with E-state index in [9.17, 15) is 40.5 Å². The standard InChI is InChI=1S/CHN5O8/c7-3(8)1(4(9)10)2(5(11)12)6(13)14/h1H. The summed E-state index contributed by atoms with van der Waals surface area (Å²) in [5.74, 6) is 0. The second kappa shape index (κ2) is 3.87. The van der Waals surface area contributed by atoms with Gasteiger partial charge in [0.05, 0.1) is 0 Å². The fraction of sp³-hybridized carbons (Fsp3) is 1.00. The van der Waals surface area contributed by atoms with Crippen LogP contribution in [0.4, 0.5) is 0 Å². The number of hydrazine groups is 2. The zero-order valence-electron chi connectivity index (χ0n) is 6.08. The lowest BCUT2D eigenvalue weighted by Gasteiger charge is -2.01. The van der Waals surface area contributed by atoms with Gasteiger partial charge < -0.3 is 0 Å². The minimum atomic E-state index is -3.25. The SMILES string of the molecule is O=[N+]([O-])C(N([N+](=O)[O-])[N+](=O)[O-])[N+](=O)[O-]. The van der Waals surface area contributed by atoms with Crippen LogP contribution in [0.3, 0.4) is 0 Å². The highest BCUT2D eigenvalue weighted by atomic mass is 16.8. The topological polar surface area (TPSA) is 176 Å². The highest BCUT2D eigenvalue weighted by Gasteiger charge is 2.57. The number of hydrogen-bond donors (Lipinski definition) is 0. The van der Waals surface area contributed by atoms with Crippen molar-refractivity contribution in [3.8, 4) is 0 Å². The maximum Gasteiger partial charge on any atom is 0.643 e. The highest BCUT2D eigenvalue weighted by molar-refractivity contribution is 4.26. The van der Waals surface area contributed by atoms with Gasteiger partial charge in [-0.05, 0) is 0 Å². The van der Waals surface area contributed by atoms with Crippen LogP contribution >= 0.6 is 0 Å². The minimum Gasteiger partial charge on any atom is -0.257 e. The summed E-state index contributed by atoms with van der Waals surface area (Å²) in [6.45, 7) is 0. The van der Waals surface area contributed by atoms with Crippen molar-refractivity contribution in [2.24, 2.45) is 0 Å². The van der Waals surface area contributed by atoms with Crippen LogP contribution in [0.1, 0.15) is 0 Å². The Morgan fingerprint density at radius 3 is 1.14 bits per heavy atom. The summed E-state index contributed by atoms with van der Waals surface area (Å²) in [5, 5.41) is 34.5. The molecule has 78 valence electrons. The molecule has 0 atom stereocenters. The quantitative estimate of drug-likeness (QED) is 0.297. The van der Waals surface area contributed by atoms with Gasteiger partial charge in [-0.3, -0.25) is 20.2 Å². The van der Waals surface area contributed by atoms with Crippen LogP contribution in [0.25, 0.3) is 0 Å². The summed E-state index contributed by atoms with van der Waals surface area (Å²) in [7, 11) is 0. The molecule has 0 bridgehead atoms. The third kappa shape index (κ3) is 2.19. The third-order valence-corrected chi connectivity index (χ3v) is 0.918. The van der Waals surface area contributed by atoms with Gasteiger partial charge >= 0.3 is 11.4 Å². The smallest absolute Gasteiger partial charge is 0.257 e. The van der Waals surface area contributed by atoms with Gasteiger partial charge in [-0.25, -0.2) is 20.2 Å². The van der Waals surface area contributed by atoms with E-state index >= 15 is 0 Å². The lowest BCUT2D eigenvalue weighted by atomic mass is 10.9. The molecule has 0 aliphatic heterocycles. The summed E-state index contributed by atoms with van der Waals surface area (Å²) >= 11 is 0. The Balaban J connectivity index is 5.13. The molecule has 0 aliphatic carbocycles. The van der Waals surface area contributed by atoms with Crippen molar-refractivity contribution >= 4 is 0 Å². The number of hydrogen-bond acceptors (Lipinski definition) is 8. The summed E-state index contributed by atoms with van der Waals surface area (Å²) in [6, 6.07) is 0. The summed E-state index contributed by atoms with van der Waals surface area (Å²) < 4.78 is 0. The second-order valence-corrected chi connectivity index (χ2v) is 1.71. The Morgan fingerprint density at radius 2 is 1.07 bits per heavy atom. The van der Waals surface area contributed by atoms with Crippen LogP contribution in [-0.4, -0.2) is 31.3 Å². The minimum absolute atomic E-state index is 1.31. The van der Waals surface area contributed by atoms with E-state index in [1.54, 1.807) is 0 Å². The van der Waals surface area contributed by atoms with E-state index in [0.717, 1.165) is 0 Å². The van der Waals surface area contributed by atoms with Gasteiger partial charge in [-0.2, -0.15) is 0 Å². The molecule has 0 spiro atoms. The van der Waals surface area contributed by atoms with E-state index in [-0.39, 0.29) is 0 Å². The van der Waals surface area contributed by atoms with Gasteiger partial charge in [0.2, 0.25) is 10.1 Å². The third-order valence-electron chi connectivity index (χ3n) is 0.918. The van der Waals surface area contributed by atoms with Gasteiger partial charge in [0.15, 0.2) is 0 Å². The largest absolute Gasteiger partial charge is 0.643 e. The predicted octanol–water partition coefficient (Wildman–Crippen LogP) is -1.49. The predicted molar refractivity (Wildman–Crippen MR) is 33.6 cm³/mol. The van der Waals surface area contributed by atoms with Gasteiger partial charge in [0.25, 0.3) is 0 Å². The van der Waals surface area contributed by atoms with Gasteiger partial charge in [-0.15, -0.1) is 0 Å². The lowest BCUT2D eigenvalue weighted by Crippen LogP contribution is -2.52. The molecule has 0 aromatic rings. The first-order valence-electron chi connectivity index (χ1n) is 2.64. The molecule has 0 aliphatic rings. The van der Waals surface area contributed by atoms with Crippen LogP contribution in [0.5, 0.6) is 0 Å². The van der Waals surface area contributed by atoms with E-state index < -0.39 is 31.3 Å². The molecule has 0 saturated heterocycles. The molecule has 0 aromatic heterocycles. The van der Waals surface area contributed by atoms with Crippen LogP contribution in [-0.2, 0) is 0 Å². The Kier molecular flexibility index (Phi) is 3.16. The number of nitrogens with zero attached hydrogens (tertiary/aromatic N) is 5. The Hall–Kier alpha value is -2.60. The number of rotatable bonds is 5. The monoisotopic (exact) mass is 211 g/mol. The average molecular weight is 211 g/mol. The van der Waals surface area contributed by atoms with Crippen molar-refractivity contribution in [3.63, 3.8) is 0 Å². The second-order valence-electron chi connectivity index (χ2n) is 1.71. The van der Waals surface area contributed by atoms with Crippen molar-refractivity contribution < 1.29 is 19.9 Å². The summed E-state index contributed by atoms with van der Waals surface area (Å²) in [6.07, 6.45) is -3.25. The highest BCUT2D eigenvalue weighted by Crippen LogP contribution is 2.01. The van der Waals surface area contributed by atoms with E-state index in [1.165, 1.54) is 0 Å². The van der Waals surface area contributed by atoms with E-state index in [0.29, 0.717) is 0 Å². The maximum atomic E-state index is 9.90. The normalized spacial score (nSPS) is 9.50. The fourth-order valence-corrected chi connectivity index (χ4v) is 0.474. The van der Waals surface area contributed by atoms with Crippen LogP contribution < -0.4 is 0 Å². The van der Waals surface area contributed by atoms with Crippen LogP contribution in [0.15, 0.2) is 0 Å². The fourth-order valence-electron chi connectivity index (χ4n) is 0.474. The first kappa shape index (κ1) is 11.4. The molecular formula is CHN5O8. The number of nitro groups is 4. The van der Waals surface area contributed by atoms with Crippen molar-refractivity contribution in [1.29, 1.82) is 0 Å². The van der Waals surface area contributed by atoms with E-state index in [1.807, 2.05) is 0 Å². The van der Waals surface area contributed by atoms with Gasteiger partial charge in [0.1, 0.15) is 9.85 Å². The maximum absolute atomic E-state index is 9.90. The molecule has 0 rings (SSSR count). The van der Waals surface area contributed by atoms with Crippen LogP contribution in [0.2, 0.25) is 0 Å². The van der Waals surface area contributed by atoms with Crippen molar-refractivity contribution in [2.75, 3.05) is 0 Å². The molecule has 0 fully saturated rings. The first-order chi connectivity index (χ1) is 6.29. The molecule has 0 saturated carbocycles. The van der Waals surface area contributed by atoms with Gasteiger partial charge in [0, 0.05) is 0 Å². The zero-order valence-corrected chi connectivity index (χ0v) is 6.08. The summed E-state index contributed by atoms with van der Waals surface area (Å²) in [5.41, 5.74) is 0. The Labute approximate surface area is 73.1 Å². The molecule has 13 heteroatoms. The zero-order chi connectivity index (χ0) is 11.5. The molecule has 0 heterocycles. The van der Waals surface area contributed by atoms with Crippen LogP contribution in [0, 0.1) is 40.5 Å². The first-order valence-corrected chi connectivity index (χ1v) is 2.64. The van der Waals surface area contributed by atoms with Gasteiger partial charge in [-0.1, -0.05) is 0 Å². The van der Waals surface area contributed by atoms with Crippen molar-refractivity contribution in [2.45, 2.75) is 6.29 Å².